The van der Waals surface area contributed by atoms with E-state index in [1.807, 2.05) is 12.1 Å². The maximum absolute atomic E-state index is 11.7. The molecule has 2 N–H and O–H groups in total. The maximum Gasteiger partial charge on any atom is 0.238 e. The number of carbonyl (C=O) groups is 1. The van der Waals surface area contributed by atoms with Crippen molar-refractivity contribution in [2.75, 3.05) is 18.2 Å². The van der Waals surface area contributed by atoms with Crippen LogP contribution in [-0.4, -0.2) is 30.1 Å². The third kappa shape index (κ3) is 4.05. The van der Waals surface area contributed by atoms with Crippen LogP contribution in [0.25, 0.3) is 0 Å². The van der Waals surface area contributed by atoms with Crippen LogP contribution in [0.2, 0.25) is 10.0 Å². The van der Waals surface area contributed by atoms with Crippen LogP contribution in [0, 0.1) is 0 Å². The summed E-state index contributed by atoms with van der Waals surface area (Å²) in [5.41, 5.74) is 1.03. The van der Waals surface area contributed by atoms with Crippen LogP contribution >= 0.6 is 35.0 Å². The van der Waals surface area contributed by atoms with Gasteiger partial charge < -0.3 is 5.32 Å². The summed E-state index contributed by atoms with van der Waals surface area (Å²) in [4.78, 5) is 11.7. The quantitative estimate of drug-likeness (QED) is 0.897. The molecule has 1 fully saturated rings. The minimum atomic E-state index is -0.0575. The van der Waals surface area contributed by atoms with Crippen molar-refractivity contribution >= 4 is 40.9 Å². The predicted octanol–water partition coefficient (Wildman–Crippen LogP) is 2.31. The topological polar surface area (TPSA) is 41.1 Å². The van der Waals surface area contributed by atoms with E-state index in [4.69, 9.17) is 23.2 Å². The van der Waals surface area contributed by atoms with Gasteiger partial charge in [0.15, 0.2) is 0 Å². The molecule has 2 rings (SSSR count). The Morgan fingerprint density at radius 1 is 1.39 bits per heavy atom. The van der Waals surface area contributed by atoms with E-state index in [1.54, 1.807) is 17.8 Å². The fourth-order valence-electron chi connectivity index (χ4n) is 1.77. The van der Waals surface area contributed by atoms with Crippen molar-refractivity contribution in [1.29, 1.82) is 0 Å². The first kappa shape index (κ1) is 14.0. The van der Waals surface area contributed by atoms with Crippen LogP contribution in [0.4, 0.5) is 0 Å². The lowest BCUT2D eigenvalue weighted by atomic mass is 10.1. The molecule has 0 unspecified atom stereocenters. The second-order valence-corrected chi connectivity index (χ2v) is 5.99. The molecule has 1 amide bonds. The molecular weight excluding hydrogens is 291 g/mol. The summed E-state index contributed by atoms with van der Waals surface area (Å²) in [5.74, 6) is 1.75. The van der Waals surface area contributed by atoms with Crippen LogP contribution in [0.15, 0.2) is 18.2 Å². The van der Waals surface area contributed by atoms with E-state index in [9.17, 15) is 4.79 Å². The second-order valence-electron chi connectivity index (χ2n) is 4.09. The molecule has 1 aromatic carbocycles. The minimum absolute atomic E-state index is 0.0575. The van der Waals surface area contributed by atoms with E-state index in [0.29, 0.717) is 16.6 Å². The number of hydrogen-bond acceptors (Lipinski definition) is 3. The van der Waals surface area contributed by atoms with Crippen molar-refractivity contribution in [3.05, 3.63) is 33.8 Å². The Hall–Kier alpha value is -0.420. The molecule has 0 radical (unpaired) electrons. The first-order valence-corrected chi connectivity index (χ1v) is 7.60. The Morgan fingerprint density at radius 2 is 2.11 bits per heavy atom. The molecule has 1 aliphatic rings. The number of nitrogens with one attached hydrogen (secondary N) is 2. The van der Waals surface area contributed by atoms with Crippen LogP contribution in [0.1, 0.15) is 5.56 Å². The number of rotatable bonds is 4. The van der Waals surface area contributed by atoms with Crippen LogP contribution in [0.5, 0.6) is 0 Å². The zero-order chi connectivity index (χ0) is 13.0. The average Bonchev–Trinajstić information content (AvgIpc) is 2.80. The van der Waals surface area contributed by atoms with Crippen molar-refractivity contribution in [3.8, 4) is 0 Å². The smallest absolute Gasteiger partial charge is 0.238 e. The summed E-state index contributed by atoms with van der Waals surface area (Å²) in [5, 5.41) is 7.29. The maximum atomic E-state index is 11.7. The highest BCUT2D eigenvalue weighted by Gasteiger charge is 2.21. The molecule has 0 spiro atoms. The molecular formula is C12H14Cl2N2OS. The standard InChI is InChI=1S/C12H14Cl2N2OS/c13-9-3-8(4-10(14)5-9)1-2-15-12(17)11-6-18-7-16-11/h3-5,11,16H,1-2,6-7H2,(H,15,17)/t11-/m0/s1. The fourth-order valence-corrected chi connectivity index (χ4v) is 3.29. The number of amides is 1. The Labute approximate surface area is 121 Å². The van der Waals surface area contributed by atoms with E-state index in [0.717, 1.165) is 23.6 Å². The number of thioether (sulfide) groups is 1. The molecule has 1 heterocycles. The van der Waals surface area contributed by atoms with Gasteiger partial charge in [0.05, 0.1) is 6.04 Å². The van der Waals surface area contributed by atoms with E-state index in [1.165, 1.54) is 0 Å². The molecule has 3 nitrogen and oxygen atoms in total. The predicted molar refractivity (Wildman–Crippen MR) is 77.4 cm³/mol. The molecule has 1 atom stereocenters. The largest absolute Gasteiger partial charge is 0.354 e. The van der Waals surface area contributed by atoms with Gasteiger partial charge >= 0.3 is 0 Å². The molecule has 1 aromatic rings. The summed E-state index contributed by atoms with van der Waals surface area (Å²) < 4.78 is 0. The van der Waals surface area contributed by atoms with Gasteiger partial charge in [0.1, 0.15) is 0 Å². The first-order chi connectivity index (χ1) is 8.65. The Kier molecular flexibility index (Phi) is 5.18. The lowest BCUT2D eigenvalue weighted by Gasteiger charge is -2.10. The Balaban J connectivity index is 1.79. The highest BCUT2D eigenvalue weighted by molar-refractivity contribution is 7.99. The van der Waals surface area contributed by atoms with Crippen molar-refractivity contribution in [2.24, 2.45) is 0 Å². The summed E-state index contributed by atoms with van der Waals surface area (Å²) in [6.45, 7) is 0.596. The molecule has 0 saturated carbocycles. The van der Waals surface area contributed by atoms with Gasteiger partial charge in [-0.2, -0.15) is 0 Å². The van der Waals surface area contributed by atoms with Gasteiger partial charge in [-0.1, -0.05) is 23.2 Å². The monoisotopic (exact) mass is 304 g/mol. The molecule has 0 aliphatic carbocycles. The first-order valence-electron chi connectivity index (χ1n) is 5.69. The molecule has 1 saturated heterocycles. The lowest BCUT2D eigenvalue weighted by molar-refractivity contribution is -0.122. The molecule has 98 valence electrons. The molecule has 6 heteroatoms. The number of halogens is 2. The normalized spacial score (nSPS) is 18.9. The van der Waals surface area contributed by atoms with Crippen LogP contribution in [0.3, 0.4) is 0 Å². The van der Waals surface area contributed by atoms with Crippen LogP contribution in [-0.2, 0) is 11.2 Å². The third-order valence-corrected chi connectivity index (χ3v) is 4.04. The summed E-state index contributed by atoms with van der Waals surface area (Å²) in [6, 6.07) is 5.37. The summed E-state index contributed by atoms with van der Waals surface area (Å²) in [7, 11) is 0. The van der Waals surface area contributed by atoms with Crippen LogP contribution < -0.4 is 10.6 Å². The van der Waals surface area contributed by atoms with Gasteiger partial charge in [-0.15, -0.1) is 11.8 Å². The second kappa shape index (κ2) is 6.66. The minimum Gasteiger partial charge on any atom is -0.354 e. The number of benzene rings is 1. The van der Waals surface area contributed by atoms with Gasteiger partial charge in [-0.25, -0.2) is 0 Å². The van der Waals surface area contributed by atoms with Crippen molar-refractivity contribution in [2.45, 2.75) is 12.5 Å². The zero-order valence-electron chi connectivity index (χ0n) is 9.71. The van der Waals surface area contributed by atoms with Crippen molar-refractivity contribution in [3.63, 3.8) is 0 Å². The van der Waals surface area contributed by atoms with E-state index < -0.39 is 0 Å². The van der Waals surface area contributed by atoms with Gasteiger partial charge in [0, 0.05) is 28.2 Å². The zero-order valence-corrected chi connectivity index (χ0v) is 12.0. The molecule has 18 heavy (non-hydrogen) atoms. The van der Waals surface area contributed by atoms with Crippen molar-refractivity contribution < 1.29 is 4.79 Å². The Bertz CT molecular complexity index is 416. The van der Waals surface area contributed by atoms with Gasteiger partial charge in [-0.3, -0.25) is 10.1 Å². The van der Waals surface area contributed by atoms with E-state index >= 15 is 0 Å². The summed E-state index contributed by atoms with van der Waals surface area (Å²) in [6.07, 6.45) is 0.728. The number of carbonyl (C=O) groups excluding carboxylic acids is 1. The van der Waals surface area contributed by atoms with E-state index in [-0.39, 0.29) is 11.9 Å². The highest BCUT2D eigenvalue weighted by Crippen LogP contribution is 2.19. The fraction of sp³-hybridized carbons (Fsp3) is 0.417. The average molecular weight is 305 g/mol. The van der Waals surface area contributed by atoms with E-state index in [2.05, 4.69) is 10.6 Å². The molecule has 0 aromatic heterocycles. The Morgan fingerprint density at radius 3 is 2.72 bits per heavy atom. The molecule has 1 aliphatic heterocycles. The van der Waals surface area contributed by atoms with Crippen molar-refractivity contribution in [1.82, 2.24) is 10.6 Å². The third-order valence-electron chi connectivity index (χ3n) is 2.67. The van der Waals surface area contributed by atoms with Gasteiger partial charge in [-0.05, 0) is 30.2 Å². The SMILES string of the molecule is O=C(NCCc1cc(Cl)cc(Cl)c1)[C@@H]1CSCN1. The molecule has 0 bridgehead atoms. The highest BCUT2D eigenvalue weighted by atomic mass is 35.5. The van der Waals surface area contributed by atoms with Gasteiger partial charge in [0.25, 0.3) is 0 Å². The number of hydrogen-bond donors (Lipinski definition) is 2. The summed E-state index contributed by atoms with van der Waals surface area (Å²) >= 11 is 13.6. The lowest BCUT2D eigenvalue weighted by Crippen LogP contribution is -2.42. The van der Waals surface area contributed by atoms with Gasteiger partial charge in [0.2, 0.25) is 5.91 Å².